The lowest BCUT2D eigenvalue weighted by Gasteiger charge is -2.09. The van der Waals surface area contributed by atoms with Crippen LogP contribution in [0.15, 0.2) is 18.2 Å². The molecule has 2 nitrogen and oxygen atoms in total. The highest BCUT2D eigenvalue weighted by Gasteiger charge is 2.35. The average Bonchev–Trinajstić information content (AvgIpc) is 2.70. The largest absolute Gasteiger partial charge is 0.419 e. The summed E-state index contributed by atoms with van der Waals surface area (Å²) in [5, 5.41) is 0.245. The van der Waals surface area contributed by atoms with E-state index in [0.717, 1.165) is 10.9 Å². The number of thiazole rings is 1. The minimum absolute atomic E-state index is 0.129. The Morgan fingerprint density at radius 1 is 1.30 bits per heavy atom. The first-order valence-corrected chi connectivity index (χ1v) is 6.68. The number of benzene rings is 1. The third-order valence-corrected chi connectivity index (χ3v) is 4.05. The molecule has 0 spiro atoms. The van der Waals surface area contributed by atoms with Crippen LogP contribution in [-0.4, -0.2) is 11.5 Å². The molecule has 0 radical (unpaired) electrons. The molecule has 0 aliphatic carbocycles. The zero-order chi connectivity index (χ0) is 14.9. The number of hydrogen-bond acceptors (Lipinski definition) is 3. The monoisotopic (exact) mass is 304 g/mol. The van der Waals surface area contributed by atoms with Crippen LogP contribution in [-0.2, 0) is 12.6 Å². The highest BCUT2D eigenvalue weighted by molar-refractivity contribution is 7.15. The summed E-state index contributed by atoms with van der Waals surface area (Å²) in [4.78, 5) is 5.00. The molecule has 108 valence electrons. The van der Waals surface area contributed by atoms with Crippen molar-refractivity contribution < 1.29 is 17.6 Å². The molecule has 2 N–H and O–H groups in total. The molecule has 0 saturated carbocycles. The molecule has 0 unspecified atom stereocenters. The minimum Gasteiger partial charge on any atom is -0.330 e. The van der Waals surface area contributed by atoms with Crippen molar-refractivity contribution in [1.29, 1.82) is 0 Å². The van der Waals surface area contributed by atoms with Crippen LogP contribution in [0.4, 0.5) is 17.6 Å². The Kier molecular flexibility index (Phi) is 4.10. The molecule has 0 fully saturated rings. The molecule has 0 aliphatic rings. The fraction of sp³-hybridized carbons (Fsp3) is 0.308. The van der Waals surface area contributed by atoms with E-state index >= 15 is 0 Å². The zero-order valence-corrected chi connectivity index (χ0v) is 11.4. The lowest BCUT2D eigenvalue weighted by atomic mass is 10.1. The first-order valence-electron chi connectivity index (χ1n) is 5.87. The molecule has 0 bridgehead atoms. The van der Waals surface area contributed by atoms with Crippen LogP contribution in [0.2, 0.25) is 0 Å². The summed E-state index contributed by atoms with van der Waals surface area (Å²) in [7, 11) is 0. The van der Waals surface area contributed by atoms with Crippen molar-refractivity contribution in [2.75, 3.05) is 6.54 Å². The number of hydrogen-bond donors (Lipinski definition) is 1. The molecule has 7 heteroatoms. The van der Waals surface area contributed by atoms with E-state index in [4.69, 9.17) is 5.73 Å². The van der Waals surface area contributed by atoms with Gasteiger partial charge in [0.15, 0.2) is 0 Å². The summed E-state index contributed by atoms with van der Waals surface area (Å²) < 4.78 is 52.0. The summed E-state index contributed by atoms with van der Waals surface area (Å²) >= 11 is 1.17. The number of nitrogens with zero attached hydrogens (tertiary/aromatic N) is 1. The fourth-order valence-electron chi connectivity index (χ4n) is 1.82. The Bertz CT molecular complexity index is 619. The summed E-state index contributed by atoms with van der Waals surface area (Å²) in [6.07, 6.45) is -4.14. The Balaban J connectivity index is 2.51. The summed E-state index contributed by atoms with van der Waals surface area (Å²) in [6, 6.07) is 3.20. The van der Waals surface area contributed by atoms with Gasteiger partial charge in [0.1, 0.15) is 10.8 Å². The lowest BCUT2D eigenvalue weighted by Crippen LogP contribution is -2.08. The number of rotatable bonds is 3. The molecule has 1 aromatic carbocycles. The van der Waals surface area contributed by atoms with Crippen molar-refractivity contribution in [3.63, 3.8) is 0 Å². The van der Waals surface area contributed by atoms with Gasteiger partial charge < -0.3 is 5.73 Å². The van der Waals surface area contributed by atoms with Crippen LogP contribution in [0.5, 0.6) is 0 Å². The average molecular weight is 304 g/mol. The van der Waals surface area contributed by atoms with E-state index in [9.17, 15) is 17.6 Å². The number of alkyl halides is 3. The van der Waals surface area contributed by atoms with E-state index in [0.29, 0.717) is 18.7 Å². The summed E-state index contributed by atoms with van der Waals surface area (Å²) in [6.45, 7) is 2.14. The Morgan fingerprint density at radius 2 is 2.00 bits per heavy atom. The lowest BCUT2D eigenvalue weighted by molar-refractivity contribution is -0.139. The van der Waals surface area contributed by atoms with Crippen molar-refractivity contribution >= 4 is 11.3 Å². The van der Waals surface area contributed by atoms with Gasteiger partial charge in [0.25, 0.3) is 0 Å². The van der Waals surface area contributed by atoms with Gasteiger partial charge in [0.2, 0.25) is 0 Å². The molecular weight excluding hydrogens is 292 g/mol. The van der Waals surface area contributed by atoms with Crippen LogP contribution in [0.1, 0.15) is 16.1 Å². The van der Waals surface area contributed by atoms with Crippen molar-refractivity contribution in [2.24, 2.45) is 5.73 Å². The molecule has 0 saturated heterocycles. The van der Waals surface area contributed by atoms with Gasteiger partial charge in [0.05, 0.1) is 11.3 Å². The number of halogens is 4. The third-order valence-electron chi connectivity index (χ3n) is 2.80. The molecule has 1 heterocycles. The normalized spacial score (nSPS) is 11.9. The van der Waals surface area contributed by atoms with Gasteiger partial charge in [-0.25, -0.2) is 9.37 Å². The second-order valence-electron chi connectivity index (χ2n) is 4.23. The molecule has 2 rings (SSSR count). The number of aryl methyl sites for hydroxylation is 1. The Morgan fingerprint density at radius 3 is 2.60 bits per heavy atom. The van der Waals surface area contributed by atoms with E-state index < -0.39 is 17.6 Å². The molecule has 1 aromatic heterocycles. The molecular formula is C13H12F4N2S. The maximum absolute atomic E-state index is 14.0. The molecule has 20 heavy (non-hydrogen) atoms. The minimum atomic E-state index is -4.72. The molecule has 0 amide bonds. The van der Waals surface area contributed by atoms with Crippen LogP contribution >= 0.6 is 11.3 Å². The van der Waals surface area contributed by atoms with Gasteiger partial charge >= 0.3 is 6.18 Å². The van der Waals surface area contributed by atoms with Gasteiger partial charge in [-0.3, -0.25) is 0 Å². The van der Waals surface area contributed by atoms with Crippen LogP contribution < -0.4 is 5.73 Å². The quantitative estimate of drug-likeness (QED) is 0.877. The van der Waals surface area contributed by atoms with E-state index in [1.165, 1.54) is 23.5 Å². The fourth-order valence-corrected chi connectivity index (χ4v) is 2.92. The first kappa shape index (κ1) is 14.9. The Hall–Kier alpha value is -1.47. The maximum atomic E-state index is 14.0. The van der Waals surface area contributed by atoms with E-state index in [1.807, 2.05) is 0 Å². The molecule has 0 atom stereocenters. The zero-order valence-electron chi connectivity index (χ0n) is 10.6. The summed E-state index contributed by atoms with van der Waals surface area (Å²) in [5.41, 5.74) is 4.71. The smallest absolute Gasteiger partial charge is 0.330 e. The van der Waals surface area contributed by atoms with Crippen molar-refractivity contribution in [2.45, 2.75) is 19.5 Å². The van der Waals surface area contributed by atoms with Crippen molar-refractivity contribution in [3.05, 3.63) is 40.2 Å². The third kappa shape index (κ3) is 2.83. The first-order chi connectivity index (χ1) is 9.34. The van der Waals surface area contributed by atoms with E-state index in [1.54, 1.807) is 6.92 Å². The van der Waals surface area contributed by atoms with Gasteiger partial charge in [-0.1, -0.05) is 6.07 Å². The predicted octanol–water partition coefficient (Wildman–Crippen LogP) is 3.78. The second-order valence-corrected chi connectivity index (χ2v) is 5.31. The van der Waals surface area contributed by atoms with E-state index in [2.05, 4.69) is 4.98 Å². The highest BCUT2D eigenvalue weighted by Crippen LogP contribution is 2.37. The summed E-state index contributed by atoms with van der Waals surface area (Å²) in [5.74, 6) is -1.28. The van der Waals surface area contributed by atoms with Crippen LogP contribution in [0.3, 0.4) is 0 Å². The number of nitrogens with two attached hydrogens (primary N) is 1. The molecule has 2 aromatic rings. The Labute approximate surface area is 117 Å². The standard InChI is InChI=1S/C13H12F4N2S/c1-7-10(5-6-18)20-12(19-7)8-3-2-4-9(11(8)14)13(15,16)17/h2-4H,5-6,18H2,1H3. The molecule has 0 aliphatic heterocycles. The van der Waals surface area contributed by atoms with Gasteiger partial charge in [-0.05, 0) is 32.0 Å². The number of aromatic nitrogens is 1. The van der Waals surface area contributed by atoms with Gasteiger partial charge in [0, 0.05) is 10.4 Å². The van der Waals surface area contributed by atoms with Gasteiger partial charge in [-0.2, -0.15) is 13.2 Å². The van der Waals surface area contributed by atoms with Gasteiger partial charge in [-0.15, -0.1) is 11.3 Å². The highest BCUT2D eigenvalue weighted by atomic mass is 32.1. The van der Waals surface area contributed by atoms with Crippen molar-refractivity contribution in [3.8, 4) is 10.6 Å². The second kappa shape index (κ2) is 5.49. The SMILES string of the molecule is Cc1nc(-c2cccc(C(F)(F)F)c2F)sc1CCN. The predicted molar refractivity (Wildman–Crippen MR) is 70.0 cm³/mol. The van der Waals surface area contributed by atoms with Crippen LogP contribution in [0.25, 0.3) is 10.6 Å². The topological polar surface area (TPSA) is 38.9 Å². The van der Waals surface area contributed by atoms with Crippen LogP contribution in [0, 0.1) is 12.7 Å². The van der Waals surface area contributed by atoms with E-state index in [-0.39, 0.29) is 10.6 Å². The van der Waals surface area contributed by atoms with Crippen molar-refractivity contribution in [1.82, 2.24) is 4.98 Å². The maximum Gasteiger partial charge on any atom is 0.419 e.